The monoisotopic (exact) mass is 228 g/mol. The summed E-state index contributed by atoms with van der Waals surface area (Å²) in [6.45, 7) is 3.00. The second-order valence-corrected chi connectivity index (χ2v) is 4.51. The molecule has 0 amide bonds. The van der Waals surface area contributed by atoms with Crippen LogP contribution in [0.1, 0.15) is 23.6 Å². The zero-order valence-electron chi connectivity index (χ0n) is 9.85. The highest BCUT2D eigenvalue weighted by Gasteiger charge is 2.21. The second kappa shape index (κ2) is 3.80. The van der Waals surface area contributed by atoms with Gasteiger partial charge in [0.05, 0.1) is 12.2 Å². The van der Waals surface area contributed by atoms with E-state index in [4.69, 9.17) is 5.73 Å². The molecule has 2 heterocycles. The first-order chi connectivity index (χ1) is 8.25. The molecule has 0 aliphatic carbocycles. The molecule has 1 aromatic heterocycles. The first kappa shape index (κ1) is 10.2. The zero-order chi connectivity index (χ0) is 11.8. The molecule has 1 atom stereocenters. The molecule has 2 aromatic rings. The van der Waals surface area contributed by atoms with Gasteiger partial charge >= 0.3 is 0 Å². The normalized spacial score (nSPS) is 18.5. The van der Waals surface area contributed by atoms with Crippen molar-refractivity contribution in [2.75, 3.05) is 17.6 Å². The van der Waals surface area contributed by atoms with E-state index in [9.17, 15) is 0 Å². The highest BCUT2D eigenvalue weighted by Crippen LogP contribution is 2.30. The first-order valence-corrected chi connectivity index (χ1v) is 5.89. The van der Waals surface area contributed by atoms with Crippen molar-refractivity contribution in [3.05, 3.63) is 41.6 Å². The van der Waals surface area contributed by atoms with E-state index < -0.39 is 0 Å². The zero-order valence-corrected chi connectivity index (χ0v) is 9.85. The van der Waals surface area contributed by atoms with E-state index in [1.807, 2.05) is 23.9 Å². The fourth-order valence-corrected chi connectivity index (χ4v) is 2.34. The minimum absolute atomic E-state index is 0.296. The number of rotatable bonds is 1. The Morgan fingerprint density at radius 1 is 1.41 bits per heavy atom. The number of aryl methyl sites for hydroxylation is 1. The van der Waals surface area contributed by atoms with E-state index in [0.29, 0.717) is 6.04 Å². The SMILES string of the molecule is Cc1ccc(C2CCNc3ccnn32)cc1N. The lowest BCUT2D eigenvalue weighted by Crippen LogP contribution is -2.24. The minimum Gasteiger partial charge on any atom is -0.399 e. The molecule has 1 aromatic carbocycles. The molecule has 4 heteroatoms. The van der Waals surface area contributed by atoms with E-state index in [2.05, 4.69) is 28.6 Å². The molecule has 3 N–H and O–H groups in total. The summed E-state index contributed by atoms with van der Waals surface area (Å²) < 4.78 is 2.04. The minimum atomic E-state index is 0.296. The molecule has 0 saturated heterocycles. The lowest BCUT2D eigenvalue weighted by Gasteiger charge is -2.26. The van der Waals surface area contributed by atoms with Crippen molar-refractivity contribution in [2.45, 2.75) is 19.4 Å². The quantitative estimate of drug-likeness (QED) is 0.735. The van der Waals surface area contributed by atoms with Crippen molar-refractivity contribution < 1.29 is 0 Å². The van der Waals surface area contributed by atoms with Crippen LogP contribution in [0.2, 0.25) is 0 Å². The third-order valence-electron chi connectivity index (χ3n) is 3.38. The van der Waals surface area contributed by atoms with Gasteiger partial charge in [0.2, 0.25) is 0 Å². The third-order valence-corrected chi connectivity index (χ3v) is 3.38. The second-order valence-electron chi connectivity index (χ2n) is 4.51. The van der Waals surface area contributed by atoms with Gasteiger partial charge in [-0.1, -0.05) is 12.1 Å². The van der Waals surface area contributed by atoms with Crippen LogP contribution in [-0.2, 0) is 0 Å². The Labute approximate surface area is 100 Å². The van der Waals surface area contributed by atoms with Gasteiger partial charge in [-0.15, -0.1) is 0 Å². The van der Waals surface area contributed by atoms with Gasteiger partial charge in [-0.05, 0) is 30.5 Å². The maximum atomic E-state index is 5.98. The highest BCUT2D eigenvalue weighted by atomic mass is 15.4. The summed E-state index contributed by atoms with van der Waals surface area (Å²) in [5, 5.41) is 7.72. The summed E-state index contributed by atoms with van der Waals surface area (Å²) in [4.78, 5) is 0. The molecule has 17 heavy (non-hydrogen) atoms. The number of aromatic nitrogens is 2. The molecular formula is C13H16N4. The van der Waals surface area contributed by atoms with Gasteiger partial charge in [0, 0.05) is 18.3 Å². The van der Waals surface area contributed by atoms with E-state index in [1.165, 1.54) is 5.56 Å². The number of hydrogen-bond acceptors (Lipinski definition) is 3. The number of fused-ring (bicyclic) bond motifs is 1. The first-order valence-electron chi connectivity index (χ1n) is 5.89. The van der Waals surface area contributed by atoms with E-state index in [1.54, 1.807) is 0 Å². The van der Waals surface area contributed by atoms with Gasteiger partial charge in [-0.2, -0.15) is 5.10 Å². The number of nitrogens with zero attached hydrogens (tertiary/aromatic N) is 2. The van der Waals surface area contributed by atoms with Crippen LogP contribution in [0.25, 0.3) is 0 Å². The number of hydrogen-bond donors (Lipinski definition) is 2. The van der Waals surface area contributed by atoms with Crippen molar-refractivity contribution in [2.24, 2.45) is 0 Å². The predicted octanol–water partition coefficient (Wildman–Crippen LogP) is 2.18. The molecule has 0 radical (unpaired) electrons. The fraction of sp³-hybridized carbons (Fsp3) is 0.308. The lowest BCUT2D eigenvalue weighted by molar-refractivity contribution is 0.482. The third kappa shape index (κ3) is 1.65. The van der Waals surface area contributed by atoms with Gasteiger partial charge in [-0.3, -0.25) is 0 Å². The van der Waals surface area contributed by atoms with Crippen LogP contribution in [0.3, 0.4) is 0 Å². The van der Waals surface area contributed by atoms with Crippen molar-refractivity contribution in [1.82, 2.24) is 9.78 Å². The average Bonchev–Trinajstić information content (AvgIpc) is 2.80. The smallest absolute Gasteiger partial charge is 0.124 e. The van der Waals surface area contributed by atoms with Gasteiger partial charge < -0.3 is 11.1 Å². The molecule has 1 aliphatic heterocycles. The Balaban J connectivity index is 2.03. The number of benzene rings is 1. The number of nitrogens with two attached hydrogens (primary N) is 1. The van der Waals surface area contributed by atoms with Crippen LogP contribution in [-0.4, -0.2) is 16.3 Å². The molecule has 1 unspecified atom stereocenters. The molecule has 0 bridgehead atoms. The lowest BCUT2D eigenvalue weighted by atomic mass is 10.00. The van der Waals surface area contributed by atoms with E-state index in [0.717, 1.165) is 30.0 Å². The van der Waals surface area contributed by atoms with Crippen LogP contribution in [0.4, 0.5) is 11.5 Å². The summed E-state index contributed by atoms with van der Waals surface area (Å²) >= 11 is 0. The topological polar surface area (TPSA) is 55.9 Å². The molecular weight excluding hydrogens is 212 g/mol. The Bertz CT molecular complexity index is 544. The molecule has 88 valence electrons. The van der Waals surface area contributed by atoms with Crippen LogP contribution in [0.15, 0.2) is 30.5 Å². The summed E-state index contributed by atoms with van der Waals surface area (Å²) in [6.07, 6.45) is 2.87. The van der Waals surface area contributed by atoms with Crippen LogP contribution < -0.4 is 11.1 Å². The van der Waals surface area contributed by atoms with Crippen LogP contribution >= 0.6 is 0 Å². The Morgan fingerprint density at radius 2 is 2.29 bits per heavy atom. The number of anilines is 2. The van der Waals surface area contributed by atoms with E-state index >= 15 is 0 Å². The molecule has 4 nitrogen and oxygen atoms in total. The van der Waals surface area contributed by atoms with Crippen LogP contribution in [0.5, 0.6) is 0 Å². The van der Waals surface area contributed by atoms with Crippen molar-refractivity contribution >= 4 is 11.5 Å². The summed E-state index contributed by atoms with van der Waals surface area (Å²) in [5.41, 5.74) is 9.20. The Hall–Kier alpha value is -1.97. The summed E-state index contributed by atoms with van der Waals surface area (Å²) in [5.74, 6) is 1.08. The van der Waals surface area contributed by atoms with Crippen LogP contribution in [0, 0.1) is 6.92 Å². The summed E-state index contributed by atoms with van der Waals surface area (Å²) in [6, 6.07) is 8.59. The standard InChI is InChI=1S/C13H16N4/c1-9-2-3-10(8-11(9)14)12-4-6-15-13-5-7-16-17(12)13/h2-3,5,7-8,12,15H,4,6,14H2,1H3. The fourth-order valence-electron chi connectivity index (χ4n) is 2.34. The predicted molar refractivity (Wildman–Crippen MR) is 69.1 cm³/mol. The highest BCUT2D eigenvalue weighted by molar-refractivity contribution is 5.50. The largest absolute Gasteiger partial charge is 0.399 e. The van der Waals surface area contributed by atoms with Gasteiger partial charge in [-0.25, -0.2) is 4.68 Å². The maximum Gasteiger partial charge on any atom is 0.124 e. The van der Waals surface area contributed by atoms with Crippen molar-refractivity contribution in [1.29, 1.82) is 0 Å². The number of nitrogen functional groups attached to an aromatic ring is 1. The summed E-state index contributed by atoms with van der Waals surface area (Å²) in [7, 11) is 0. The number of nitrogens with one attached hydrogen (secondary N) is 1. The Kier molecular flexibility index (Phi) is 2.28. The molecule has 1 aliphatic rings. The van der Waals surface area contributed by atoms with Gasteiger partial charge in [0.25, 0.3) is 0 Å². The molecule has 3 rings (SSSR count). The van der Waals surface area contributed by atoms with Crippen molar-refractivity contribution in [3.63, 3.8) is 0 Å². The Morgan fingerprint density at radius 3 is 3.12 bits per heavy atom. The molecule has 0 fully saturated rings. The molecule has 0 saturated carbocycles. The van der Waals surface area contributed by atoms with Crippen molar-refractivity contribution in [3.8, 4) is 0 Å². The van der Waals surface area contributed by atoms with Gasteiger partial charge in [0.15, 0.2) is 0 Å². The molecule has 0 spiro atoms. The maximum absolute atomic E-state index is 5.98. The van der Waals surface area contributed by atoms with E-state index in [-0.39, 0.29) is 0 Å². The average molecular weight is 228 g/mol. The van der Waals surface area contributed by atoms with Gasteiger partial charge in [0.1, 0.15) is 5.82 Å².